The van der Waals surface area contributed by atoms with Gasteiger partial charge in [-0.2, -0.15) is 0 Å². The van der Waals surface area contributed by atoms with Crippen LogP contribution in [0.5, 0.6) is 11.5 Å². The monoisotopic (exact) mass is 222 g/mol. The maximum absolute atomic E-state index is 5.68. The highest BCUT2D eigenvalue weighted by Gasteiger charge is 2.14. The van der Waals surface area contributed by atoms with Gasteiger partial charge in [-0.05, 0) is 31.4 Å². The molecule has 0 N–H and O–H groups in total. The summed E-state index contributed by atoms with van der Waals surface area (Å²) in [6.07, 6.45) is 3.77. The highest BCUT2D eigenvalue weighted by Crippen LogP contribution is 2.20. The van der Waals surface area contributed by atoms with Crippen molar-refractivity contribution >= 4 is 0 Å². The van der Waals surface area contributed by atoms with Crippen LogP contribution in [0, 0.1) is 0 Å². The van der Waals surface area contributed by atoms with E-state index in [0.29, 0.717) is 6.61 Å². The molecule has 3 heteroatoms. The van der Waals surface area contributed by atoms with Crippen LogP contribution in [0.4, 0.5) is 0 Å². The summed E-state index contributed by atoms with van der Waals surface area (Å²) in [5.74, 6) is 1.66. The molecule has 1 aromatic rings. The van der Waals surface area contributed by atoms with E-state index in [1.54, 1.807) is 7.11 Å². The third-order valence-corrected chi connectivity index (χ3v) is 2.75. The van der Waals surface area contributed by atoms with Crippen molar-refractivity contribution in [3.8, 4) is 11.5 Å². The summed E-state index contributed by atoms with van der Waals surface area (Å²) in [5, 5.41) is 0. The summed E-state index contributed by atoms with van der Waals surface area (Å²) in [6.45, 7) is 1.50. The largest absolute Gasteiger partial charge is 0.497 e. The van der Waals surface area contributed by atoms with Gasteiger partial charge < -0.3 is 14.2 Å². The Hall–Kier alpha value is -1.22. The van der Waals surface area contributed by atoms with Crippen molar-refractivity contribution in [2.75, 3.05) is 20.3 Å². The second kappa shape index (κ2) is 5.75. The molecule has 0 amide bonds. The van der Waals surface area contributed by atoms with Crippen LogP contribution in [0.1, 0.15) is 19.3 Å². The molecule has 0 aromatic heterocycles. The Balaban J connectivity index is 1.83. The number of methoxy groups -OCH3 is 1. The van der Waals surface area contributed by atoms with Crippen molar-refractivity contribution in [1.82, 2.24) is 0 Å². The van der Waals surface area contributed by atoms with Crippen LogP contribution in [0.2, 0.25) is 0 Å². The molecular formula is C13H18O3. The molecule has 1 aliphatic heterocycles. The summed E-state index contributed by atoms with van der Waals surface area (Å²) in [4.78, 5) is 0. The fourth-order valence-corrected chi connectivity index (χ4v) is 1.82. The van der Waals surface area contributed by atoms with Crippen LogP contribution < -0.4 is 9.47 Å². The molecule has 1 fully saturated rings. The first-order valence-corrected chi connectivity index (χ1v) is 5.77. The van der Waals surface area contributed by atoms with E-state index in [1.807, 2.05) is 24.3 Å². The molecule has 1 saturated heterocycles. The van der Waals surface area contributed by atoms with E-state index in [1.165, 1.54) is 12.8 Å². The molecule has 0 saturated carbocycles. The number of benzene rings is 1. The lowest BCUT2D eigenvalue weighted by Gasteiger charge is -2.22. The summed E-state index contributed by atoms with van der Waals surface area (Å²) in [6, 6.07) is 7.66. The summed E-state index contributed by atoms with van der Waals surface area (Å²) < 4.78 is 16.4. The van der Waals surface area contributed by atoms with Gasteiger partial charge >= 0.3 is 0 Å². The first-order chi connectivity index (χ1) is 7.88. The standard InChI is InChI=1S/C13H18O3/c1-14-11-6-4-7-12(9-11)16-10-13-5-2-3-8-15-13/h4,6-7,9,13H,2-3,5,8,10H2,1H3. The third-order valence-electron chi connectivity index (χ3n) is 2.75. The zero-order valence-corrected chi connectivity index (χ0v) is 9.65. The Morgan fingerprint density at radius 2 is 2.19 bits per heavy atom. The van der Waals surface area contributed by atoms with Gasteiger partial charge in [0.05, 0.1) is 13.2 Å². The zero-order valence-electron chi connectivity index (χ0n) is 9.65. The fourth-order valence-electron chi connectivity index (χ4n) is 1.82. The molecule has 1 heterocycles. The normalized spacial score (nSPS) is 20.4. The van der Waals surface area contributed by atoms with E-state index in [9.17, 15) is 0 Å². The van der Waals surface area contributed by atoms with E-state index in [2.05, 4.69) is 0 Å². The van der Waals surface area contributed by atoms with Gasteiger partial charge in [-0.1, -0.05) is 6.07 Å². The minimum absolute atomic E-state index is 0.250. The van der Waals surface area contributed by atoms with Gasteiger partial charge in [0.15, 0.2) is 0 Å². The predicted molar refractivity (Wildman–Crippen MR) is 62.1 cm³/mol. The Labute approximate surface area is 96.3 Å². The van der Waals surface area contributed by atoms with Crippen molar-refractivity contribution in [1.29, 1.82) is 0 Å². The lowest BCUT2D eigenvalue weighted by atomic mass is 10.1. The minimum Gasteiger partial charge on any atom is -0.497 e. The van der Waals surface area contributed by atoms with Crippen LogP contribution in [-0.2, 0) is 4.74 Å². The molecule has 2 rings (SSSR count). The zero-order chi connectivity index (χ0) is 11.2. The van der Waals surface area contributed by atoms with Gasteiger partial charge in [0.25, 0.3) is 0 Å². The van der Waals surface area contributed by atoms with Crippen LogP contribution in [0.3, 0.4) is 0 Å². The Bertz CT molecular complexity index is 319. The second-order valence-electron chi connectivity index (χ2n) is 3.98. The minimum atomic E-state index is 0.250. The summed E-state index contributed by atoms with van der Waals surface area (Å²) in [5.41, 5.74) is 0. The molecule has 3 nitrogen and oxygen atoms in total. The van der Waals surface area contributed by atoms with Crippen molar-refractivity contribution in [3.63, 3.8) is 0 Å². The quantitative estimate of drug-likeness (QED) is 0.783. The molecule has 0 radical (unpaired) electrons. The predicted octanol–water partition coefficient (Wildman–Crippen LogP) is 2.64. The first kappa shape index (κ1) is 11.3. The van der Waals surface area contributed by atoms with E-state index in [4.69, 9.17) is 14.2 Å². The lowest BCUT2D eigenvalue weighted by molar-refractivity contribution is -0.0111. The molecule has 1 aliphatic rings. The number of hydrogen-bond donors (Lipinski definition) is 0. The highest BCUT2D eigenvalue weighted by molar-refractivity contribution is 5.32. The van der Waals surface area contributed by atoms with E-state index < -0.39 is 0 Å². The highest BCUT2D eigenvalue weighted by atomic mass is 16.5. The maximum Gasteiger partial charge on any atom is 0.123 e. The Kier molecular flexibility index (Phi) is 4.05. The van der Waals surface area contributed by atoms with Gasteiger partial charge in [0.2, 0.25) is 0 Å². The van der Waals surface area contributed by atoms with Crippen LogP contribution in [0.25, 0.3) is 0 Å². The Morgan fingerprint density at radius 3 is 2.94 bits per heavy atom. The van der Waals surface area contributed by atoms with Crippen molar-refractivity contribution < 1.29 is 14.2 Å². The fraction of sp³-hybridized carbons (Fsp3) is 0.538. The van der Waals surface area contributed by atoms with Gasteiger partial charge in [0.1, 0.15) is 18.1 Å². The van der Waals surface area contributed by atoms with E-state index in [-0.39, 0.29) is 6.10 Å². The molecule has 0 aliphatic carbocycles. The van der Waals surface area contributed by atoms with Gasteiger partial charge in [0, 0.05) is 12.7 Å². The molecule has 1 aromatic carbocycles. The van der Waals surface area contributed by atoms with Crippen molar-refractivity contribution in [3.05, 3.63) is 24.3 Å². The SMILES string of the molecule is COc1cccc(OCC2CCCCO2)c1. The van der Waals surface area contributed by atoms with Crippen LogP contribution in [0.15, 0.2) is 24.3 Å². The molecule has 0 bridgehead atoms. The Morgan fingerprint density at radius 1 is 1.31 bits per heavy atom. The topological polar surface area (TPSA) is 27.7 Å². The van der Waals surface area contributed by atoms with E-state index >= 15 is 0 Å². The molecular weight excluding hydrogens is 204 g/mol. The lowest BCUT2D eigenvalue weighted by Crippen LogP contribution is -2.25. The number of rotatable bonds is 4. The van der Waals surface area contributed by atoms with Gasteiger partial charge in [-0.3, -0.25) is 0 Å². The average molecular weight is 222 g/mol. The first-order valence-electron chi connectivity index (χ1n) is 5.77. The molecule has 16 heavy (non-hydrogen) atoms. The molecule has 1 unspecified atom stereocenters. The molecule has 1 atom stereocenters. The van der Waals surface area contributed by atoms with Crippen LogP contribution >= 0.6 is 0 Å². The molecule has 88 valence electrons. The summed E-state index contributed by atoms with van der Waals surface area (Å²) in [7, 11) is 1.66. The number of hydrogen-bond acceptors (Lipinski definition) is 3. The average Bonchev–Trinajstić information content (AvgIpc) is 2.38. The van der Waals surface area contributed by atoms with Crippen LogP contribution in [-0.4, -0.2) is 26.4 Å². The van der Waals surface area contributed by atoms with Crippen molar-refractivity contribution in [2.24, 2.45) is 0 Å². The summed E-state index contributed by atoms with van der Waals surface area (Å²) >= 11 is 0. The third kappa shape index (κ3) is 3.14. The van der Waals surface area contributed by atoms with Gasteiger partial charge in [-0.25, -0.2) is 0 Å². The smallest absolute Gasteiger partial charge is 0.123 e. The molecule has 0 spiro atoms. The van der Waals surface area contributed by atoms with Gasteiger partial charge in [-0.15, -0.1) is 0 Å². The number of ether oxygens (including phenoxy) is 3. The maximum atomic E-state index is 5.68. The van der Waals surface area contributed by atoms with E-state index in [0.717, 1.165) is 24.5 Å². The van der Waals surface area contributed by atoms with Crippen molar-refractivity contribution in [2.45, 2.75) is 25.4 Å². The second-order valence-corrected chi connectivity index (χ2v) is 3.98.